The summed E-state index contributed by atoms with van der Waals surface area (Å²) in [6, 6.07) is 0. The maximum absolute atomic E-state index is 12.8. The second-order valence-electron chi connectivity index (χ2n) is 4.43. The highest BCUT2D eigenvalue weighted by Gasteiger charge is 2.59. The lowest BCUT2D eigenvalue weighted by atomic mass is 9.68. The molecule has 89 valence electrons. The number of hydrogen-bond acceptors (Lipinski definition) is 2. The van der Waals surface area contributed by atoms with Crippen LogP contribution in [-0.4, -0.2) is 29.3 Å². The number of hydrogen-bond donors (Lipinski definition) is 0. The molecule has 2 rings (SSSR count). The van der Waals surface area contributed by atoms with E-state index in [0.717, 1.165) is 5.01 Å². The van der Waals surface area contributed by atoms with Crippen LogP contribution in [0.15, 0.2) is 5.10 Å². The van der Waals surface area contributed by atoms with E-state index in [9.17, 15) is 18.0 Å². The van der Waals surface area contributed by atoms with Gasteiger partial charge in [0.1, 0.15) is 0 Å². The van der Waals surface area contributed by atoms with Crippen molar-refractivity contribution in [3.8, 4) is 0 Å². The molecule has 1 saturated carbocycles. The van der Waals surface area contributed by atoms with Gasteiger partial charge in [-0.15, -0.1) is 0 Å². The van der Waals surface area contributed by atoms with Crippen LogP contribution in [0.3, 0.4) is 0 Å². The summed E-state index contributed by atoms with van der Waals surface area (Å²) in [5.74, 6) is -0.388. The molecule has 6 heteroatoms. The Balaban J connectivity index is 2.11. The highest BCUT2D eigenvalue weighted by atomic mass is 19.4. The fourth-order valence-corrected chi connectivity index (χ4v) is 2.07. The SMILES string of the molecule is [CH2]C1=NN(CC2(C(F)(F)F)CCC2)C(=O)C1. The van der Waals surface area contributed by atoms with Crippen LogP contribution in [0, 0.1) is 12.3 Å². The molecule has 1 aliphatic carbocycles. The smallest absolute Gasteiger partial charge is 0.273 e. The number of alkyl halides is 3. The van der Waals surface area contributed by atoms with E-state index in [0.29, 0.717) is 12.1 Å². The summed E-state index contributed by atoms with van der Waals surface area (Å²) in [4.78, 5) is 11.3. The molecule has 1 fully saturated rings. The fraction of sp³-hybridized carbons (Fsp3) is 0.700. The molecular weight excluding hydrogens is 221 g/mol. The lowest BCUT2D eigenvalue weighted by Gasteiger charge is -2.44. The predicted molar refractivity (Wildman–Crippen MR) is 51.5 cm³/mol. The van der Waals surface area contributed by atoms with Gasteiger partial charge in [0.05, 0.1) is 18.4 Å². The van der Waals surface area contributed by atoms with E-state index >= 15 is 0 Å². The Kier molecular flexibility index (Phi) is 2.47. The van der Waals surface area contributed by atoms with Crippen LogP contribution in [0.4, 0.5) is 13.2 Å². The number of nitrogens with zero attached hydrogens (tertiary/aromatic N) is 2. The Bertz CT molecular complexity index is 344. The summed E-state index contributed by atoms with van der Waals surface area (Å²) in [6.07, 6.45) is -3.49. The summed E-state index contributed by atoms with van der Waals surface area (Å²) in [6.45, 7) is 3.13. The maximum Gasteiger partial charge on any atom is 0.396 e. The molecule has 0 saturated heterocycles. The monoisotopic (exact) mass is 233 g/mol. The van der Waals surface area contributed by atoms with Crippen LogP contribution >= 0.6 is 0 Å². The quantitative estimate of drug-likeness (QED) is 0.719. The molecule has 1 amide bonds. The molecule has 0 aromatic carbocycles. The van der Waals surface area contributed by atoms with Crippen molar-refractivity contribution < 1.29 is 18.0 Å². The van der Waals surface area contributed by atoms with Gasteiger partial charge >= 0.3 is 6.18 Å². The van der Waals surface area contributed by atoms with Crippen LogP contribution in [0.25, 0.3) is 0 Å². The Morgan fingerprint density at radius 1 is 1.44 bits per heavy atom. The van der Waals surface area contributed by atoms with Gasteiger partial charge in [0.2, 0.25) is 5.91 Å². The Morgan fingerprint density at radius 2 is 2.06 bits per heavy atom. The largest absolute Gasteiger partial charge is 0.396 e. The van der Waals surface area contributed by atoms with Crippen molar-refractivity contribution >= 4 is 11.6 Å². The lowest BCUT2D eigenvalue weighted by Crippen LogP contribution is -2.51. The van der Waals surface area contributed by atoms with Gasteiger partial charge in [0, 0.05) is 5.71 Å². The minimum Gasteiger partial charge on any atom is -0.273 e. The fourth-order valence-electron chi connectivity index (χ4n) is 2.07. The highest BCUT2D eigenvalue weighted by Crippen LogP contribution is 2.53. The molecule has 3 nitrogen and oxygen atoms in total. The van der Waals surface area contributed by atoms with Gasteiger partial charge in [-0.05, 0) is 19.8 Å². The van der Waals surface area contributed by atoms with E-state index in [1.807, 2.05) is 0 Å². The first-order valence-electron chi connectivity index (χ1n) is 5.11. The van der Waals surface area contributed by atoms with E-state index in [1.54, 1.807) is 0 Å². The normalized spacial score (nSPS) is 24.4. The molecule has 1 aliphatic heterocycles. The molecule has 0 aromatic heterocycles. The number of hydrazone groups is 1. The standard InChI is InChI=1S/C10H12F3N2O/c1-7-5-8(16)15(14-7)6-9(3-2-4-9)10(11,12)13/h1-6H2. The van der Waals surface area contributed by atoms with Gasteiger partial charge in [-0.2, -0.15) is 18.3 Å². The van der Waals surface area contributed by atoms with Crippen molar-refractivity contribution in [3.05, 3.63) is 6.92 Å². The summed E-state index contributed by atoms with van der Waals surface area (Å²) >= 11 is 0. The number of rotatable bonds is 2. The van der Waals surface area contributed by atoms with Crippen molar-refractivity contribution in [1.82, 2.24) is 5.01 Å². The summed E-state index contributed by atoms with van der Waals surface area (Å²) < 4.78 is 38.5. The van der Waals surface area contributed by atoms with E-state index < -0.39 is 11.6 Å². The number of halogens is 3. The van der Waals surface area contributed by atoms with Gasteiger partial charge < -0.3 is 0 Å². The molecule has 2 aliphatic rings. The van der Waals surface area contributed by atoms with E-state index in [2.05, 4.69) is 12.0 Å². The molecule has 0 spiro atoms. The lowest BCUT2D eigenvalue weighted by molar-refractivity contribution is -0.255. The second-order valence-corrected chi connectivity index (χ2v) is 4.43. The molecule has 0 N–H and O–H groups in total. The molecule has 0 unspecified atom stereocenters. The minimum absolute atomic E-state index is 0.0357. The summed E-state index contributed by atoms with van der Waals surface area (Å²) in [5.41, 5.74) is -1.40. The Morgan fingerprint density at radius 3 is 2.38 bits per heavy atom. The van der Waals surface area contributed by atoms with Crippen molar-refractivity contribution in [2.24, 2.45) is 10.5 Å². The molecule has 0 atom stereocenters. The molecule has 0 bridgehead atoms. The Hall–Kier alpha value is -1.07. The molecule has 0 aromatic rings. The number of carbonyl (C=O) groups excluding carboxylic acids is 1. The third kappa shape index (κ3) is 1.70. The highest BCUT2D eigenvalue weighted by molar-refractivity contribution is 6.06. The van der Waals surface area contributed by atoms with Gasteiger partial charge in [0.25, 0.3) is 0 Å². The average molecular weight is 233 g/mol. The second kappa shape index (κ2) is 3.46. The molecule has 16 heavy (non-hydrogen) atoms. The zero-order valence-corrected chi connectivity index (χ0v) is 8.68. The van der Waals surface area contributed by atoms with Crippen molar-refractivity contribution in [2.75, 3.05) is 6.54 Å². The van der Waals surface area contributed by atoms with Crippen LogP contribution in [-0.2, 0) is 4.79 Å². The molecular formula is C10H12F3N2O. The van der Waals surface area contributed by atoms with E-state index in [1.165, 1.54) is 0 Å². The van der Waals surface area contributed by atoms with Gasteiger partial charge in [-0.25, -0.2) is 5.01 Å². The molecule has 1 heterocycles. The number of carbonyl (C=O) groups is 1. The first-order chi connectivity index (χ1) is 7.34. The zero-order valence-electron chi connectivity index (χ0n) is 8.68. The summed E-state index contributed by atoms with van der Waals surface area (Å²) in [5, 5.41) is 4.66. The van der Waals surface area contributed by atoms with Gasteiger partial charge in [-0.1, -0.05) is 6.42 Å². The molecule has 1 radical (unpaired) electrons. The third-order valence-electron chi connectivity index (χ3n) is 3.27. The van der Waals surface area contributed by atoms with Crippen LogP contribution < -0.4 is 0 Å². The van der Waals surface area contributed by atoms with Crippen molar-refractivity contribution in [1.29, 1.82) is 0 Å². The average Bonchev–Trinajstić information content (AvgIpc) is 2.35. The third-order valence-corrected chi connectivity index (χ3v) is 3.27. The Labute approximate surface area is 91.3 Å². The van der Waals surface area contributed by atoms with Crippen LogP contribution in [0.2, 0.25) is 0 Å². The zero-order chi connectivity index (χ0) is 12.0. The summed E-state index contributed by atoms with van der Waals surface area (Å²) in [7, 11) is 0. The minimum atomic E-state index is -4.26. The van der Waals surface area contributed by atoms with Crippen molar-refractivity contribution in [3.63, 3.8) is 0 Å². The topological polar surface area (TPSA) is 32.7 Å². The van der Waals surface area contributed by atoms with E-state index in [4.69, 9.17) is 0 Å². The van der Waals surface area contributed by atoms with Crippen LogP contribution in [0.1, 0.15) is 25.7 Å². The van der Waals surface area contributed by atoms with E-state index in [-0.39, 0.29) is 31.7 Å². The number of amides is 1. The van der Waals surface area contributed by atoms with Crippen molar-refractivity contribution in [2.45, 2.75) is 31.9 Å². The first-order valence-corrected chi connectivity index (χ1v) is 5.11. The van der Waals surface area contributed by atoms with Gasteiger partial charge in [-0.3, -0.25) is 4.79 Å². The van der Waals surface area contributed by atoms with Gasteiger partial charge in [0.15, 0.2) is 0 Å². The first kappa shape index (κ1) is 11.4. The van der Waals surface area contributed by atoms with Crippen LogP contribution in [0.5, 0.6) is 0 Å². The predicted octanol–water partition coefficient (Wildman–Crippen LogP) is 2.14. The maximum atomic E-state index is 12.8.